The zero-order valence-electron chi connectivity index (χ0n) is 63.6. The van der Waals surface area contributed by atoms with Crippen molar-refractivity contribution in [1.82, 2.24) is 0 Å². The molecule has 8 aliphatic carbocycles. The maximum Gasteiger partial charge on any atom is 0.212 e. The van der Waals surface area contributed by atoms with Gasteiger partial charge in [0.15, 0.2) is 24.8 Å². The molecular weight excluding hydrogens is 1040 g/mol. The summed E-state index contributed by atoms with van der Waals surface area (Å²) in [5.41, 5.74) is 29.0. The van der Waals surface area contributed by atoms with Crippen molar-refractivity contribution < 1.29 is 30.6 Å². The van der Waals surface area contributed by atoms with Crippen molar-refractivity contribution in [3.63, 3.8) is 0 Å². The number of fused-ring (bicyclic) bond motifs is 20. The minimum absolute atomic E-state index is 0.0283. The monoisotopic (exact) mass is 1150 g/mol. The van der Waals surface area contributed by atoms with Crippen LogP contribution >= 0.6 is 0 Å². The maximum absolute atomic E-state index is 9.30. The molecular formula is C82H100N4+4. The zero-order chi connectivity index (χ0) is 68.6. The van der Waals surface area contributed by atoms with Crippen LogP contribution in [0.25, 0.3) is 45.0 Å². The summed E-state index contributed by atoms with van der Waals surface area (Å²) in [7, 11) is 8.41. The van der Waals surface area contributed by atoms with E-state index in [9.17, 15) is 1.37 Å². The van der Waals surface area contributed by atoms with Gasteiger partial charge in [-0.05, 0) is 234 Å². The van der Waals surface area contributed by atoms with Gasteiger partial charge in [-0.2, -0.15) is 0 Å². The zero-order valence-corrected chi connectivity index (χ0v) is 54.6. The van der Waals surface area contributed by atoms with Gasteiger partial charge in [0, 0.05) is 91.9 Å². The smallest absolute Gasteiger partial charge is 0.201 e. The quantitative estimate of drug-likeness (QED) is 0.156. The summed E-state index contributed by atoms with van der Waals surface area (Å²) < 4.78 is 81.2. The summed E-state index contributed by atoms with van der Waals surface area (Å²) in [6, 6.07) is 33.4. The molecule has 0 radical (unpaired) electrons. The summed E-state index contributed by atoms with van der Waals surface area (Å²) >= 11 is 0. The molecule has 86 heavy (non-hydrogen) atoms. The van der Waals surface area contributed by atoms with Crippen LogP contribution in [-0.4, -0.2) is 0 Å². The lowest BCUT2D eigenvalue weighted by Gasteiger charge is -2.34. The van der Waals surface area contributed by atoms with Gasteiger partial charge in [0.1, 0.15) is 28.2 Å². The van der Waals surface area contributed by atoms with Crippen LogP contribution in [0.4, 0.5) is 0 Å². The first kappa shape index (κ1) is 48.5. The Morgan fingerprint density at radius 1 is 0.384 bits per heavy atom. The van der Waals surface area contributed by atoms with Gasteiger partial charge in [-0.3, -0.25) is 0 Å². The second kappa shape index (κ2) is 21.1. The van der Waals surface area contributed by atoms with Crippen LogP contribution in [-0.2, 0) is 39.0 Å². The second-order valence-electron chi connectivity index (χ2n) is 29.4. The largest absolute Gasteiger partial charge is 0.212 e. The van der Waals surface area contributed by atoms with Crippen LogP contribution in [0.5, 0.6) is 0 Å². The van der Waals surface area contributed by atoms with Gasteiger partial charge in [0.2, 0.25) is 22.8 Å². The maximum atomic E-state index is 9.30. The van der Waals surface area contributed by atoms with Crippen LogP contribution in [0.3, 0.4) is 0 Å². The Kier molecular flexibility index (Phi) is 11.9. The second-order valence-corrected chi connectivity index (χ2v) is 29.4. The molecule has 16 rings (SSSR count). The molecule has 0 spiro atoms. The number of hydrogen-bond donors (Lipinski definition) is 0. The van der Waals surface area contributed by atoms with Crippen LogP contribution in [0.15, 0.2) is 122 Å². The van der Waals surface area contributed by atoms with E-state index in [0.717, 1.165) is 87.9 Å². The van der Waals surface area contributed by atoms with Gasteiger partial charge >= 0.3 is 0 Å². The molecule has 0 aliphatic heterocycles. The predicted octanol–water partition coefficient (Wildman–Crippen LogP) is 18.3. The van der Waals surface area contributed by atoms with Crippen molar-refractivity contribution in [2.75, 3.05) is 0 Å². The van der Waals surface area contributed by atoms with E-state index in [2.05, 4.69) is 176 Å². The predicted molar refractivity (Wildman–Crippen MR) is 355 cm³/mol. The summed E-state index contributed by atoms with van der Waals surface area (Å²) in [6.07, 6.45) is 19.9. The lowest BCUT2D eigenvalue weighted by molar-refractivity contribution is -0.661. The van der Waals surface area contributed by atoms with E-state index in [0.29, 0.717) is 34.3 Å². The first-order chi connectivity index (χ1) is 44.2. The Labute approximate surface area is 530 Å². The molecule has 8 aliphatic rings. The number of benzene rings is 4. The van der Waals surface area contributed by atoms with E-state index in [4.69, 9.17) is 11.0 Å². The third kappa shape index (κ3) is 9.24. The van der Waals surface area contributed by atoms with Gasteiger partial charge in [0.25, 0.3) is 0 Å². The van der Waals surface area contributed by atoms with Crippen molar-refractivity contribution in [2.45, 2.75) is 207 Å². The van der Waals surface area contributed by atoms with E-state index >= 15 is 0 Å². The van der Waals surface area contributed by atoms with Crippen molar-refractivity contribution >= 4 is 0 Å². The average molecular weight is 1150 g/mol. The van der Waals surface area contributed by atoms with Gasteiger partial charge in [-0.15, -0.1) is 0 Å². The lowest BCUT2D eigenvalue weighted by Crippen LogP contribution is -2.36. The van der Waals surface area contributed by atoms with E-state index < -0.39 is 31.4 Å². The van der Waals surface area contributed by atoms with Crippen LogP contribution in [0, 0.1) is 66.1 Å². The highest BCUT2D eigenvalue weighted by Crippen LogP contribution is 2.69. The molecule has 8 atom stereocenters. The average Bonchev–Trinajstić information content (AvgIpc) is 1.48. The third-order valence-corrected chi connectivity index (χ3v) is 23.9. The summed E-state index contributed by atoms with van der Waals surface area (Å²) in [5.74, 6) is 0.565. The first-order valence-electron chi connectivity index (χ1n) is 36.8. The Bertz CT molecular complexity index is 4500. The molecule has 4 aromatic carbocycles. The van der Waals surface area contributed by atoms with E-state index in [-0.39, 0.29) is 10.8 Å². The summed E-state index contributed by atoms with van der Waals surface area (Å²) in [6.45, 7) is 22.7. The standard InChI is InChI=1S/2C22H28N.2C19H22N/c2*1-14-7-8-16(15(2)11-14)20-12-17-18-9-10-22(5,21(18,3)4)19(17)13-23(20)6;2*1-12-4-7-16(13(2)8-12)19-10-17-14-5-6-15(9-14)18(17)11-20(19)3/h2*7-8,11-13,18H,9-10H2,1-6H3;2*4,7-8,10-11,14-15H,5-6,9H2,1-3H3/q4*+1/i1D3,18D;;1D3,14D,15D;. The molecule has 4 heterocycles. The molecule has 4 aromatic heterocycles. The number of aromatic nitrogens is 4. The van der Waals surface area contributed by atoms with E-state index in [1.807, 2.05) is 50.8 Å². The van der Waals surface area contributed by atoms with Crippen LogP contribution < -0.4 is 18.3 Å². The van der Waals surface area contributed by atoms with Crippen molar-refractivity contribution in [3.8, 4) is 45.0 Å². The molecule has 444 valence electrons. The molecule has 8 bridgehead atoms. The molecule has 4 fully saturated rings. The van der Waals surface area contributed by atoms with Crippen LogP contribution in [0.2, 0.25) is 0 Å². The fourth-order valence-electron chi connectivity index (χ4n) is 18.1. The molecule has 0 saturated heterocycles. The highest BCUT2D eigenvalue weighted by atomic mass is 14.9. The first-order valence-corrected chi connectivity index (χ1v) is 32.3. The fraction of sp³-hybridized carbons (Fsp3) is 0.463. The molecule has 0 amide bonds. The highest BCUT2D eigenvalue weighted by molar-refractivity contribution is 5.67. The van der Waals surface area contributed by atoms with E-state index in [1.54, 1.807) is 46.5 Å². The summed E-state index contributed by atoms with van der Waals surface area (Å²) in [4.78, 5) is 0. The highest BCUT2D eigenvalue weighted by Gasteiger charge is 2.62. The Morgan fingerprint density at radius 2 is 0.779 bits per heavy atom. The molecule has 8 aromatic rings. The molecule has 4 nitrogen and oxygen atoms in total. The Balaban J connectivity index is 0.000000115. The normalized spacial score (nSPS) is 29.8. The van der Waals surface area contributed by atoms with Gasteiger partial charge in [0.05, 0.1) is 0 Å². The Morgan fingerprint density at radius 3 is 1.29 bits per heavy atom. The molecule has 0 N–H and O–H groups in total. The third-order valence-electron chi connectivity index (χ3n) is 23.9. The lowest BCUT2D eigenvalue weighted by atomic mass is 9.69. The Hall–Kier alpha value is -6.52. The number of aryl methyl sites for hydroxylation is 12. The summed E-state index contributed by atoms with van der Waals surface area (Å²) in [5, 5.41) is 0. The van der Waals surface area contributed by atoms with Crippen LogP contribution in [0.1, 0.15) is 243 Å². The molecule has 4 heteroatoms. The van der Waals surface area contributed by atoms with Gasteiger partial charge < -0.3 is 0 Å². The van der Waals surface area contributed by atoms with Gasteiger partial charge in [-0.1, -0.05) is 112 Å². The number of pyridine rings is 4. The number of hydrogen-bond acceptors (Lipinski definition) is 0. The van der Waals surface area contributed by atoms with Gasteiger partial charge in [-0.25, -0.2) is 18.3 Å². The SMILES string of the molecule is Cc1ccc(-c2cc3c(c[n+]2C)C2(C)CCC3C2(C)C)c(C)c1.Cc1ccc(-c2cc3c(c[n+]2C)C2CCC3C2)c(C)c1.[2H]C([2H])([2H])c1ccc(-c2cc3c(c[n+]2C)C2(C)CCC3([2H])C2(C)C)c(C)c1.[2H]C([2H])([2H])c1ccc(-c2cc3c(c[n+]2C)C2([2H])CCC3([2H])C2)c(C)c1. The topological polar surface area (TPSA) is 15.5 Å². The molecule has 8 unspecified atom stereocenters. The van der Waals surface area contributed by atoms with E-state index in [1.165, 1.54) is 82.4 Å². The fourth-order valence-corrected chi connectivity index (χ4v) is 18.1. The molecule has 4 saturated carbocycles. The van der Waals surface area contributed by atoms with Crippen molar-refractivity contribution in [1.29, 1.82) is 0 Å². The minimum atomic E-state index is -2.11. The number of rotatable bonds is 4. The number of nitrogens with zero attached hydrogens (tertiary/aromatic N) is 4. The van der Waals surface area contributed by atoms with Crippen molar-refractivity contribution in [2.24, 2.45) is 39.0 Å². The minimum Gasteiger partial charge on any atom is -0.201 e. The van der Waals surface area contributed by atoms with Crippen molar-refractivity contribution in [3.05, 3.63) is 211 Å².